The molecular formula is C30H4F10N6P2. The second-order valence-electron chi connectivity index (χ2n) is 9.14. The lowest BCUT2D eigenvalue weighted by atomic mass is 9.99. The summed E-state index contributed by atoms with van der Waals surface area (Å²) in [5.74, 6) is -21.5. The Balaban J connectivity index is 2.38. The summed E-state index contributed by atoms with van der Waals surface area (Å²) in [6.45, 7) is 0. The summed E-state index contributed by atoms with van der Waals surface area (Å²) in [5.41, 5.74) is -16.7. The van der Waals surface area contributed by atoms with Crippen LogP contribution >= 0.6 is 18.5 Å². The number of nitriles is 6. The average molecular weight is 700 g/mol. The molecule has 6 nitrogen and oxygen atoms in total. The van der Waals surface area contributed by atoms with Crippen LogP contribution in [0.5, 0.6) is 0 Å². The Morgan fingerprint density at radius 1 is 0.354 bits per heavy atom. The highest BCUT2D eigenvalue weighted by Gasteiger charge is 2.45. The monoisotopic (exact) mass is 700 g/mol. The fourth-order valence-corrected chi connectivity index (χ4v) is 5.47. The zero-order chi connectivity index (χ0) is 36.1. The lowest BCUT2D eigenvalue weighted by molar-refractivity contribution is 0.447. The van der Waals surface area contributed by atoms with Gasteiger partial charge in [0.2, 0.25) is 0 Å². The van der Waals surface area contributed by atoms with Crippen molar-refractivity contribution in [1.29, 1.82) is 31.6 Å². The summed E-state index contributed by atoms with van der Waals surface area (Å²) in [5, 5.41) is 54.9. The highest BCUT2D eigenvalue weighted by Crippen LogP contribution is 2.57. The van der Waals surface area contributed by atoms with Gasteiger partial charge >= 0.3 is 0 Å². The smallest absolute Gasteiger partial charge is 0.180 e. The Morgan fingerprint density at radius 3 is 0.833 bits per heavy atom. The quantitative estimate of drug-likeness (QED) is 0.143. The molecule has 4 rings (SSSR count). The van der Waals surface area contributed by atoms with Crippen LogP contribution < -0.4 is 10.6 Å². The van der Waals surface area contributed by atoms with Crippen molar-refractivity contribution in [3.63, 3.8) is 0 Å². The van der Waals surface area contributed by atoms with Gasteiger partial charge < -0.3 is 0 Å². The molecule has 0 amide bonds. The maximum Gasteiger partial charge on any atom is 0.180 e. The highest BCUT2D eigenvalue weighted by atomic mass is 31.0. The lowest BCUT2D eigenvalue weighted by Crippen LogP contribution is -2.15. The van der Waals surface area contributed by atoms with E-state index < -0.39 is 136 Å². The minimum atomic E-state index is -2.39. The van der Waals surface area contributed by atoms with Gasteiger partial charge in [-0.05, 0) is 0 Å². The van der Waals surface area contributed by atoms with E-state index in [4.69, 9.17) is 15.8 Å². The van der Waals surface area contributed by atoms with Crippen molar-refractivity contribution >= 4 is 45.8 Å². The van der Waals surface area contributed by atoms with E-state index in [2.05, 4.69) is 0 Å². The first-order chi connectivity index (χ1) is 22.6. The highest BCUT2D eigenvalue weighted by molar-refractivity contribution is 7.28. The van der Waals surface area contributed by atoms with Gasteiger partial charge in [0, 0.05) is 38.5 Å². The molecule has 0 bridgehead atoms. The predicted molar refractivity (Wildman–Crippen MR) is 149 cm³/mol. The molecule has 234 valence electrons. The van der Waals surface area contributed by atoms with Gasteiger partial charge in [0.05, 0.1) is 22.3 Å². The van der Waals surface area contributed by atoms with E-state index in [0.717, 1.165) is 24.3 Å². The largest absolute Gasteiger partial charge is 0.205 e. The molecule has 1 fully saturated rings. The third kappa shape index (κ3) is 4.84. The van der Waals surface area contributed by atoms with Gasteiger partial charge in [-0.15, -0.1) is 18.5 Å². The molecule has 2 atom stereocenters. The molecule has 0 heterocycles. The standard InChI is InChI=1S/C30H4F10N6P2/c31-19-10(4-44)20(32)26(38)16(25(19)37)7(1-41)13-14(8(2-42)17-27(39)21(33)11(5-45)23(35)29(17)47)15(13)9(3-43)18-28(40)22(34)12(6-46)24(36)30(18)48/h47-48H2. The van der Waals surface area contributed by atoms with Crippen molar-refractivity contribution in [3.05, 3.63) is 108 Å². The van der Waals surface area contributed by atoms with Gasteiger partial charge in [0.25, 0.3) is 0 Å². The van der Waals surface area contributed by atoms with Gasteiger partial charge in [-0.3, -0.25) is 0 Å². The van der Waals surface area contributed by atoms with Crippen LogP contribution in [0.4, 0.5) is 43.9 Å². The molecule has 1 aliphatic rings. The van der Waals surface area contributed by atoms with Crippen LogP contribution in [0, 0.1) is 126 Å². The van der Waals surface area contributed by atoms with Crippen LogP contribution in [-0.4, -0.2) is 0 Å². The molecular weight excluding hydrogens is 696 g/mol. The van der Waals surface area contributed by atoms with E-state index >= 15 is 17.6 Å². The number of halogens is 10. The maximum atomic E-state index is 15.3. The SMILES string of the molecule is N#CC(=C1C(=C(C#N)c2c(F)c(F)c(C#N)c(F)c2P)C1=C(C#N)c1c(F)c(F)c(C#N)c(F)c1P)c1c(F)c(F)c(C#N)c(F)c1F. The second-order valence-corrected chi connectivity index (χ2v) is 10.3. The van der Waals surface area contributed by atoms with E-state index in [1.54, 1.807) is 0 Å². The van der Waals surface area contributed by atoms with E-state index in [1.807, 2.05) is 0 Å². The Hall–Kier alpha value is -6.02. The first-order valence-electron chi connectivity index (χ1n) is 12.1. The Bertz CT molecular complexity index is 2070. The first kappa shape index (κ1) is 34.8. The zero-order valence-corrected chi connectivity index (χ0v) is 24.9. The number of hydrogen-bond acceptors (Lipinski definition) is 6. The second kappa shape index (κ2) is 12.6. The minimum Gasteiger partial charge on any atom is -0.205 e. The maximum absolute atomic E-state index is 15.3. The number of allylic oxidation sites excluding steroid dienone is 6. The van der Waals surface area contributed by atoms with Crippen molar-refractivity contribution in [2.24, 2.45) is 0 Å². The fourth-order valence-electron chi connectivity index (χ4n) is 4.64. The van der Waals surface area contributed by atoms with Gasteiger partial charge in [-0.1, -0.05) is 0 Å². The molecule has 0 radical (unpaired) electrons. The van der Waals surface area contributed by atoms with Crippen LogP contribution in [0.15, 0.2) is 16.7 Å². The molecule has 0 N–H and O–H groups in total. The van der Waals surface area contributed by atoms with Crippen LogP contribution in [0.3, 0.4) is 0 Å². The van der Waals surface area contributed by atoms with Crippen molar-refractivity contribution in [3.8, 4) is 36.4 Å². The third-order valence-electron chi connectivity index (χ3n) is 6.84. The summed E-state index contributed by atoms with van der Waals surface area (Å²) >= 11 is 0. The number of hydrogen-bond donors (Lipinski definition) is 0. The molecule has 3 aromatic rings. The molecule has 1 saturated carbocycles. The zero-order valence-electron chi connectivity index (χ0n) is 22.6. The van der Waals surface area contributed by atoms with Crippen LogP contribution in [0.25, 0.3) is 16.7 Å². The number of nitrogens with zero attached hydrogens (tertiary/aromatic N) is 6. The van der Waals surface area contributed by atoms with Crippen molar-refractivity contribution in [2.75, 3.05) is 0 Å². The van der Waals surface area contributed by atoms with Crippen molar-refractivity contribution in [2.45, 2.75) is 0 Å². The molecule has 0 aliphatic heterocycles. The summed E-state index contributed by atoms with van der Waals surface area (Å²) in [6, 6.07) is 6.58. The molecule has 0 spiro atoms. The number of benzene rings is 3. The van der Waals surface area contributed by atoms with E-state index in [0.29, 0.717) is 0 Å². The fraction of sp³-hybridized carbons (Fsp3) is 0. The summed E-state index contributed by atoms with van der Waals surface area (Å²) in [7, 11) is 3.06. The van der Waals surface area contributed by atoms with Gasteiger partial charge in [-0.2, -0.15) is 31.6 Å². The minimum absolute atomic E-state index is 0.845. The van der Waals surface area contributed by atoms with Crippen LogP contribution in [0.2, 0.25) is 0 Å². The van der Waals surface area contributed by atoms with Crippen molar-refractivity contribution in [1.82, 2.24) is 0 Å². The summed E-state index contributed by atoms with van der Waals surface area (Å²) in [6.07, 6.45) is 0. The van der Waals surface area contributed by atoms with Gasteiger partial charge in [0.1, 0.15) is 53.1 Å². The van der Waals surface area contributed by atoms with Gasteiger partial charge in [-0.25, -0.2) is 43.9 Å². The topological polar surface area (TPSA) is 143 Å². The molecule has 18 heteroatoms. The molecule has 0 aromatic heterocycles. The van der Waals surface area contributed by atoms with E-state index in [9.17, 15) is 42.1 Å². The molecule has 2 unspecified atom stereocenters. The normalized spacial score (nSPS) is 13.8. The molecule has 0 saturated heterocycles. The molecule has 1 aliphatic carbocycles. The Morgan fingerprint density at radius 2 is 0.583 bits per heavy atom. The third-order valence-corrected chi connectivity index (χ3v) is 7.92. The van der Waals surface area contributed by atoms with Crippen LogP contribution in [-0.2, 0) is 0 Å². The average Bonchev–Trinajstić information content (AvgIpc) is 3.78. The van der Waals surface area contributed by atoms with E-state index in [1.165, 1.54) is 30.6 Å². The first-order valence-corrected chi connectivity index (χ1v) is 13.2. The molecule has 3 aromatic carbocycles. The van der Waals surface area contributed by atoms with Crippen LogP contribution in [0.1, 0.15) is 33.4 Å². The van der Waals surface area contributed by atoms with Gasteiger partial charge in [0.15, 0.2) is 58.2 Å². The summed E-state index contributed by atoms with van der Waals surface area (Å²) in [4.78, 5) is 0. The Labute approximate surface area is 266 Å². The molecule has 48 heavy (non-hydrogen) atoms. The number of rotatable bonds is 3. The lowest BCUT2D eigenvalue weighted by Gasteiger charge is -2.10. The summed E-state index contributed by atoms with van der Waals surface area (Å²) < 4.78 is 149. The predicted octanol–water partition coefficient (Wildman–Crippen LogP) is 5.94. The Kier molecular flexibility index (Phi) is 9.18. The van der Waals surface area contributed by atoms with Crippen molar-refractivity contribution < 1.29 is 43.9 Å². The van der Waals surface area contributed by atoms with E-state index in [-0.39, 0.29) is 0 Å².